The van der Waals surface area contributed by atoms with Crippen LogP contribution in [0.1, 0.15) is 23.2 Å². The van der Waals surface area contributed by atoms with E-state index in [2.05, 4.69) is 64.2 Å². The Morgan fingerprint density at radius 3 is 2.91 bits per heavy atom. The van der Waals surface area contributed by atoms with Crippen molar-refractivity contribution in [2.45, 2.75) is 19.1 Å². The van der Waals surface area contributed by atoms with Crippen LogP contribution >= 0.6 is 0 Å². The minimum absolute atomic E-state index is 0.0513. The third-order valence-corrected chi connectivity index (χ3v) is 4.15. The lowest BCUT2D eigenvalue weighted by molar-refractivity contribution is -0.0336. The Hall–Kier alpha value is -1.69. The molecule has 124 valence electrons. The summed E-state index contributed by atoms with van der Waals surface area (Å²) in [6.45, 7) is 4.60. The van der Waals surface area contributed by atoms with E-state index in [0.717, 1.165) is 50.7 Å². The molecule has 0 aliphatic carbocycles. The Bertz CT molecular complexity index is 596. The van der Waals surface area contributed by atoms with Crippen molar-refractivity contribution in [3.63, 3.8) is 0 Å². The molecule has 1 saturated heterocycles. The third kappa shape index (κ3) is 4.64. The van der Waals surface area contributed by atoms with E-state index in [9.17, 15) is 0 Å². The van der Waals surface area contributed by atoms with Gasteiger partial charge in [-0.25, -0.2) is 4.98 Å². The fourth-order valence-electron chi connectivity index (χ4n) is 2.96. The largest absolute Gasteiger partial charge is 0.368 e. The zero-order chi connectivity index (χ0) is 16.1. The highest BCUT2D eigenvalue weighted by atomic mass is 16.5. The summed E-state index contributed by atoms with van der Waals surface area (Å²) in [5, 5.41) is 0. The van der Waals surface area contributed by atoms with Crippen LogP contribution < -0.4 is 0 Å². The van der Waals surface area contributed by atoms with Crippen LogP contribution in [0.5, 0.6) is 0 Å². The van der Waals surface area contributed by atoms with Crippen LogP contribution in [-0.4, -0.2) is 60.1 Å². The predicted octanol–water partition coefficient (Wildman–Crippen LogP) is 2.09. The van der Waals surface area contributed by atoms with Crippen LogP contribution in [0.2, 0.25) is 0 Å². The lowest BCUT2D eigenvalue weighted by Gasteiger charge is -2.32. The minimum Gasteiger partial charge on any atom is -0.368 e. The molecule has 0 unspecified atom stereocenters. The summed E-state index contributed by atoms with van der Waals surface area (Å²) in [6.07, 6.45) is 3.05. The molecule has 1 aromatic carbocycles. The fraction of sp³-hybridized carbons (Fsp3) is 0.500. The summed E-state index contributed by atoms with van der Waals surface area (Å²) in [7, 11) is 4.12. The van der Waals surface area contributed by atoms with Gasteiger partial charge in [-0.1, -0.05) is 30.3 Å². The Morgan fingerprint density at radius 1 is 1.30 bits per heavy atom. The molecule has 1 N–H and O–H groups in total. The zero-order valence-corrected chi connectivity index (χ0v) is 14.0. The first-order valence-corrected chi connectivity index (χ1v) is 8.27. The van der Waals surface area contributed by atoms with Crippen LogP contribution in [0.15, 0.2) is 36.5 Å². The first kappa shape index (κ1) is 16.2. The Kier molecular flexibility index (Phi) is 5.43. The highest BCUT2D eigenvalue weighted by molar-refractivity contribution is 5.15. The molecular formula is C18H26N4O. The molecule has 1 fully saturated rings. The van der Waals surface area contributed by atoms with E-state index in [1.807, 2.05) is 6.20 Å². The van der Waals surface area contributed by atoms with E-state index in [4.69, 9.17) is 4.74 Å². The zero-order valence-electron chi connectivity index (χ0n) is 14.0. The number of hydrogen-bond donors (Lipinski definition) is 1. The van der Waals surface area contributed by atoms with E-state index in [1.165, 1.54) is 5.56 Å². The van der Waals surface area contributed by atoms with E-state index in [1.54, 1.807) is 0 Å². The molecule has 1 aliphatic heterocycles. The number of nitrogens with one attached hydrogen (secondary N) is 1. The quantitative estimate of drug-likeness (QED) is 0.887. The number of aromatic nitrogens is 2. The van der Waals surface area contributed by atoms with Gasteiger partial charge in [0, 0.05) is 38.1 Å². The first-order valence-electron chi connectivity index (χ1n) is 8.27. The molecule has 0 bridgehead atoms. The molecule has 5 heteroatoms. The molecule has 0 spiro atoms. The number of rotatable bonds is 6. The average Bonchev–Trinajstić information content (AvgIpc) is 3.02. The maximum absolute atomic E-state index is 5.92. The van der Waals surface area contributed by atoms with Gasteiger partial charge in [0.15, 0.2) is 0 Å². The van der Waals surface area contributed by atoms with Gasteiger partial charge in [0.05, 0.1) is 6.61 Å². The second-order valence-electron chi connectivity index (χ2n) is 6.43. The van der Waals surface area contributed by atoms with Crippen LogP contribution in [0.25, 0.3) is 0 Å². The highest BCUT2D eigenvalue weighted by Gasteiger charge is 2.24. The smallest absolute Gasteiger partial charge is 0.136 e. The SMILES string of the molecule is CN(C)Cc1cnc([C@H]2CN(CCc3ccccc3)CCO2)[nH]1. The van der Waals surface area contributed by atoms with Crippen molar-refractivity contribution < 1.29 is 4.74 Å². The van der Waals surface area contributed by atoms with Gasteiger partial charge in [-0.05, 0) is 26.1 Å². The monoisotopic (exact) mass is 314 g/mol. The maximum Gasteiger partial charge on any atom is 0.136 e. The average molecular weight is 314 g/mol. The summed E-state index contributed by atoms with van der Waals surface area (Å²) >= 11 is 0. The molecule has 0 saturated carbocycles. The molecule has 2 aromatic rings. The van der Waals surface area contributed by atoms with Crippen LogP contribution in [0.3, 0.4) is 0 Å². The number of H-pyrrole nitrogens is 1. The van der Waals surface area contributed by atoms with Gasteiger partial charge in [0.2, 0.25) is 0 Å². The molecule has 1 atom stereocenters. The van der Waals surface area contributed by atoms with E-state index >= 15 is 0 Å². The van der Waals surface area contributed by atoms with Gasteiger partial charge >= 0.3 is 0 Å². The maximum atomic E-state index is 5.92. The molecule has 1 aromatic heterocycles. The number of nitrogens with zero attached hydrogens (tertiary/aromatic N) is 3. The van der Waals surface area contributed by atoms with Crippen molar-refractivity contribution in [3.8, 4) is 0 Å². The van der Waals surface area contributed by atoms with Crippen LogP contribution in [0, 0.1) is 0 Å². The standard InChI is InChI=1S/C18H26N4O/c1-21(2)13-16-12-19-18(20-16)17-14-22(10-11-23-17)9-8-15-6-4-3-5-7-15/h3-7,12,17H,8-11,13-14H2,1-2H3,(H,19,20)/t17-/m1/s1. The number of morpholine rings is 1. The van der Waals surface area contributed by atoms with E-state index in [0.29, 0.717) is 0 Å². The normalized spacial score (nSPS) is 19.3. The van der Waals surface area contributed by atoms with Gasteiger partial charge < -0.3 is 14.6 Å². The van der Waals surface area contributed by atoms with Crippen LogP contribution in [-0.2, 0) is 17.7 Å². The molecular weight excluding hydrogens is 288 g/mol. The summed E-state index contributed by atoms with van der Waals surface area (Å²) in [5.41, 5.74) is 2.52. The fourth-order valence-corrected chi connectivity index (χ4v) is 2.96. The second kappa shape index (κ2) is 7.73. The number of ether oxygens (including phenoxy) is 1. The van der Waals surface area contributed by atoms with E-state index in [-0.39, 0.29) is 6.10 Å². The van der Waals surface area contributed by atoms with Crippen molar-refractivity contribution >= 4 is 0 Å². The number of benzene rings is 1. The topological polar surface area (TPSA) is 44.4 Å². The number of imidazole rings is 1. The Labute approximate surface area is 138 Å². The van der Waals surface area contributed by atoms with E-state index < -0.39 is 0 Å². The van der Waals surface area contributed by atoms with Crippen LogP contribution in [0.4, 0.5) is 0 Å². The summed E-state index contributed by atoms with van der Waals surface area (Å²) < 4.78 is 5.92. The van der Waals surface area contributed by atoms with Crippen molar-refractivity contribution in [2.75, 3.05) is 40.3 Å². The predicted molar refractivity (Wildman–Crippen MR) is 91.3 cm³/mol. The highest BCUT2D eigenvalue weighted by Crippen LogP contribution is 2.20. The second-order valence-corrected chi connectivity index (χ2v) is 6.43. The van der Waals surface area contributed by atoms with Gasteiger partial charge in [-0.3, -0.25) is 4.90 Å². The van der Waals surface area contributed by atoms with Gasteiger partial charge in [0.25, 0.3) is 0 Å². The van der Waals surface area contributed by atoms with Gasteiger partial charge in [-0.15, -0.1) is 0 Å². The lowest BCUT2D eigenvalue weighted by atomic mass is 10.1. The summed E-state index contributed by atoms with van der Waals surface area (Å²) in [5.74, 6) is 0.950. The first-order chi connectivity index (χ1) is 11.2. The third-order valence-electron chi connectivity index (χ3n) is 4.15. The minimum atomic E-state index is 0.0513. The molecule has 3 rings (SSSR count). The lowest BCUT2D eigenvalue weighted by Crippen LogP contribution is -2.39. The van der Waals surface area contributed by atoms with Crippen molar-refractivity contribution in [2.24, 2.45) is 0 Å². The molecule has 5 nitrogen and oxygen atoms in total. The van der Waals surface area contributed by atoms with Gasteiger partial charge in [0.1, 0.15) is 11.9 Å². The van der Waals surface area contributed by atoms with Crippen molar-refractivity contribution in [1.29, 1.82) is 0 Å². The molecule has 0 amide bonds. The molecule has 23 heavy (non-hydrogen) atoms. The van der Waals surface area contributed by atoms with Crippen molar-refractivity contribution in [1.82, 2.24) is 19.8 Å². The Morgan fingerprint density at radius 2 is 2.13 bits per heavy atom. The summed E-state index contributed by atoms with van der Waals surface area (Å²) in [6, 6.07) is 10.7. The molecule has 1 aliphatic rings. The molecule has 0 radical (unpaired) electrons. The van der Waals surface area contributed by atoms with Gasteiger partial charge in [-0.2, -0.15) is 0 Å². The van der Waals surface area contributed by atoms with Crippen molar-refractivity contribution in [3.05, 3.63) is 53.6 Å². The Balaban J connectivity index is 1.54. The number of aromatic amines is 1. The summed E-state index contributed by atoms with van der Waals surface area (Å²) in [4.78, 5) is 12.5. The number of hydrogen-bond acceptors (Lipinski definition) is 4. The molecule has 2 heterocycles.